The quantitative estimate of drug-likeness (QED) is 0.561. The van der Waals surface area contributed by atoms with Crippen LogP contribution in [0.5, 0.6) is 0 Å². The highest BCUT2D eigenvalue weighted by molar-refractivity contribution is 5.71. The number of carbonyl (C=O) groups excluding carboxylic acids is 1. The van der Waals surface area contributed by atoms with Crippen molar-refractivity contribution in [3.63, 3.8) is 0 Å². The first-order valence-electron chi connectivity index (χ1n) is 4.53. The molecule has 70 valence electrons. The number of carbonyl (C=O) groups is 1. The van der Waals surface area contributed by atoms with Crippen molar-refractivity contribution in [1.82, 2.24) is 10.6 Å². The highest BCUT2D eigenvalue weighted by Crippen LogP contribution is 2.14. The van der Waals surface area contributed by atoms with Gasteiger partial charge in [-0.1, -0.05) is 0 Å². The smallest absolute Gasteiger partial charge is 0.312 e. The number of nitrogens with two attached hydrogens (primary N) is 1. The van der Waals surface area contributed by atoms with Crippen molar-refractivity contribution in [3.05, 3.63) is 0 Å². The summed E-state index contributed by atoms with van der Waals surface area (Å²) in [5, 5.41) is 5.91. The molecule has 1 fully saturated rings. The maximum atomic E-state index is 10.3. The minimum Gasteiger partial charge on any atom is -0.352 e. The molecule has 0 radical (unpaired) electrons. The van der Waals surface area contributed by atoms with Gasteiger partial charge in [0.05, 0.1) is 0 Å². The number of urea groups is 1. The van der Waals surface area contributed by atoms with Crippen LogP contribution in [-0.4, -0.2) is 25.7 Å². The molecule has 1 heterocycles. The Labute approximate surface area is 72.9 Å². The van der Waals surface area contributed by atoms with Gasteiger partial charge in [0.25, 0.3) is 0 Å². The van der Waals surface area contributed by atoms with E-state index in [0.717, 1.165) is 32.0 Å². The van der Waals surface area contributed by atoms with Crippen LogP contribution in [-0.2, 0) is 0 Å². The molecule has 4 heteroatoms. The van der Waals surface area contributed by atoms with Crippen molar-refractivity contribution in [2.45, 2.75) is 19.3 Å². The monoisotopic (exact) mass is 171 g/mol. The summed E-state index contributed by atoms with van der Waals surface area (Å²) in [6, 6.07) is -0.413. The fourth-order valence-electron chi connectivity index (χ4n) is 1.57. The van der Waals surface area contributed by atoms with E-state index in [4.69, 9.17) is 5.73 Å². The number of hydrogen-bond acceptors (Lipinski definition) is 2. The van der Waals surface area contributed by atoms with Crippen molar-refractivity contribution < 1.29 is 4.79 Å². The van der Waals surface area contributed by atoms with Gasteiger partial charge in [-0.15, -0.1) is 0 Å². The zero-order valence-corrected chi connectivity index (χ0v) is 7.31. The largest absolute Gasteiger partial charge is 0.352 e. The number of piperidine rings is 1. The van der Waals surface area contributed by atoms with Crippen LogP contribution in [0, 0.1) is 5.92 Å². The Balaban J connectivity index is 2.01. The minimum atomic E-state index is -0.413. The Morgan fingerprint density at radius 2 is 2.17 bits per heavy atom. The molecule has 0 saturated carbocycles. The predicted octanol–water partition coefficient (Wildman–Crippen LogP) is 0.0444. The highest BCUT2D eigenvalue weighted by Gasteiger charge is 2.11. The van der Waals surface area contributed by atoms with Gasteiger partial charge in [-0.25, -0.2) is 4.79 Å². The van der Waals surface area contributed by atoms with Crippen LogP contribution in [0.1, 0.15) is 19.3 Å². The molecule has 0 unspecified atom stereocenters. The van der Waals surface area contributed by atoms with Crippen LogP contribution in [0.2, 0.25) is 0 Å². The molecular weight excluding hydrogens is 154 g/mol. The molecule has 0 aromatic rings. The number of hydrogen-bond donors (Lipinski definition) is 3. The molecule has 4 nitrogen and oxygen atoms in total. The molecule has 0 bridgehead atoms. The molecule has 12 heavy (non-hydrogen) atoms. The number of amides is 2. The molecule has 0 spiro atoms. The normalized spacial score (nSPS) is 19.0. The fraction of sp³-hybridized carbons (Fsp3) is 0.875. The van der Waals surface area contributed by atoms with Crippen molar-refractivity contribution in [2.24, 2.45) is 11.7 Å². The molecule has 0 aromatic carbocycles. The SMILES string of the molecule is NC(=O)NCCC1CCNCC1. The van der Waals surface area contributed by atoms with Crippen LogP contribution in [0.3, 0.4) is 0 Å². The van der Waals surface area contributed by atoms with Gasteiger partial charge >= 0.3 is 6.03 Å². The molecule has 0 atom stereocenters. The van der Waals surface area contributed by atoms with E-state index in [1.54, 1.807) is 0 Å². The van der Waals surface area contributed by atoms with E-state index < -0.39 is 6.03 Å². The molecule has 0 aromatic heterocycles. The fourth-order valence-corrected chi connectivity index (χ4v) is 1.57. The Morgan fingerprint density at radius 1 is 1.50 bits per heavy atom. The zero-order valence-electron chi connectivity index (χ0n) is 7.31. The van der Waals surface area contributed by atoms with Gasteiger partial charge in [0.15, 0.2) is 0 Å². The summed E-state index contributed by atoms with van der Waals surface area (Å²) in [5.41, 5.74) is 4.95. The third-order valence-electron chi connectivity index (χ3n) is 2.31. The number of rotatable bonds is 3. The summed E-state index contributed by atoms with van der Waals surface area (Å²) in [6.45, 7) is 2.95. The van der Waals surface area contributed by atoms with Gasteiger partial charge in [-0.2, -0.15) is 0 Å². The van der Waals surface area contributed by atoms with E-state index >= 15 is 0 Å². The maximum Gasteiger partial charge on any atom is 0.312 e. The Hall–Kier alpha value is -0.770. The molecule has 1 aliphatic rings. The summed E-state index contributed by atoms with van der Waals surface area (Å²) in [6.07, 6.45) is 3.51. The molecule has 0 aliphatic carbocycles. The lowest BCUT2D eigenvalue weighted by atomic mass is 9.95. The Morgan fingerprint density at radius 3 is 2.75 bits per heavy atom. The van der Waals surface area contributed by atoms with Crippen molar-refractivity contribution in [3.8, 4) is 0 Å². The topological polar surface area (TPSA) is 67.2 Å². The molecular formula is C8H17N3O. The van der Waals surface area contributed by atoms with E-state index in [1.165, 1.54) is 12.8 Å². The van der Waals surface area contributed by atoms with Gasteiger partial charge < -0.3 is 16.4 Å². The summed E-state index contributed by atoms with van der Waals surface area (Å²) in [5.74, 6) is 0.762. The highest BCUT2D eigenvalue weighted by atomic mass is 16.2. The summed E-state index contributed by atoms with van der Waals surface area (Å²) in [7, 11) is 0. The second-order valence-electron chi connectivity index (χ2n) is 3.27. The second-order valence-corrected chi connectivity index (χ2v) is 3.27. The third kappa shape index (κ3) is 3.57. The van der Waals surface area contributed by atoms with Gasteiger partial charge in [0, 0.05) is 6.54 Å². The average molecular weight is 171 g/mol. The standard InChI is InChI=1S/C8H17N3O/c9-8(12)11-6-3-7-1-4-10-5-2-7/h7,10H,1-6H2,(H3,9,11,12). The van der Waals surface area contributed by atoms with Crippen LogP contribution in [0.25, 0.3) is 0 Å². The van der Waals surface area contributed by atoms with Gasteiger partial charge in [0.2, 0.25) is 0 Å². The average Bonchev–Trinajstić information content (AvgIpc) is 2.05. The van der Waals surface area contributed by atoms with E-state index in [-0.39, 0.29) is 0 Å². The maximum absolute atomic E-state index is 10.3. The van der Waals surface area contributed by atoms with Gasteiger partial charge in [-0.05, 0) is 38.3 Å². The number of nitrogens with one attached hydrogen (secondary N) is 2. The van der Waals surface area contributed by atoms with Crippen LogP contribution in [0.15, 0.2) is 0 Å². The lowest BCUT2D eigenvalue weighted by Crippen LogP contribution is -2.33. The Kier molecular flexibility index (Phi) is 3.87. The van der Waals surface area contributed by atoms with E-state index in [9.17, 15) is 4.79 Å². The molecule has 4 N–H and O–H groups in total. The summed E-state index contributed by atoms with van der Waals surface area (Å²) < 4.78 is 0. The number of primary amides is 1. The first kappa shape index (κ1) is 9.32. The lowest BCUT2D eigenvalue weighted by molar-refractivity contribution is 0.247. The van der Waals surface area contributed by atoms with E-state index in [2.05, 4.69) is 10.6 Å². The van der Waals surface area contributed by atoms with E-state index in [1.807, 2.05) is 0 Å². The lowest BCUT2D eigenvalue weighted by Gasteiger charge is -2.22. The van der Waals surface area contributed by atoms with Crippen molar-refractivity contribution >= 4 is 6.03 Å². The second kappa shape index (κ2) is 4.98. The van der Waals surface area contributed by atoms with Crippen molar-refractivity contribution in [1.29, 1.82) is 0 Å². The molecule has 1 rings (SSSR count). The predicted molar refractivity (Wildman–Crippen MR) is 47.8 cm³/mol. The van der Waals surface area contributed by atoms with Gasteiger partial charge in [-0.3, -0.25) is 0 Å². The van der Waals surface area contributed by atoms with Crippen LogP contribution in [0.4, 0.5) is 4.79 Å². The first-order chi connectivity index (χ1) is 5.79. The van der Waals surface area contributed by atoms with Crippen molar-refractivity contribution in [2.75, 3.05) is 19.6 Å². The van der Waals surface area contributed by atoms with Gasteiger partial charge in [0.1, 0.15) is 0 Å². The summed E-state index contributed by atoms with van der Waals surface area (Å²) >= 11 is 0. The zero-order chi connectivity index (χ0) is 8.81. The van der Waals surface area contributed by atoms with Crippen LogP contribution >= 0.6 is 0 Å². The van der Waals surface area contributed by atoms with Crippen LogP contribution < -0.4 is 16.4 Å². The minimum absolute atomic E-state index is 0.413. The Bertz CT molecular complexity index is 143. The summed E-state index contributed by atoms with van der Waals surface area (Å²) in [4.78, 5) is 10.3. The third-order valence-corrected chi connectivity index (χ3v) is 2.31. The van der Waals surface area contributed by atoms with E-state index in [0.29, 0.717) is 0 Å². The molecule has 1 aliphatic heterocycles. The molecule has 2 amide bonds. The first-order valence-corrected chi connectivity index (χ1v) is 4.53. The molecule has 1 saturated heterocycles.